The number of benzene rings is 2. The predicted octanol–water partition coefficient (Wildman–Crippen LogP) is 4.55. The Morgan fingerprint density at radius 3 is 2.66 bits per heavy atom. The molecule has 3 aliphatic heterocycles. The van der Waals surface area contributed by atoms with E-state index in [2.05, 4.69) is 52.6 Å². The van der Waals surface area contributed by atoms with E-state index in [-0.39, 0.29) is 18.0 Å². The van der Waals surface area contributed by atoms with Crippen molar-refractivity contribution in [2.75, 3.05) is 63.3 Å². The maximum Gasteiger partial charge on any atom is 0.320 e. The van der Waals surface area contributed by atoms with Gasteiger partial charge in [0.25, 0.3) is 0 Å². The normalized spacial score (nSPS) is 22.9. The van der Waals surface area contributed by atoms with E-state index in [1.165, 1.54) is 6.08 Å². The second kappa shape index (κ2) is 11.4. The van der Waals surface area contributed by atoms with E-state index in [0.29, 0.717) is 67.3 Å². The zero-order valence-corrected chi connectivity index (χ0v) is 24.7. The van der Waals surface area contributed by atoms with Crippen LogP contribution in [0, 0.1) is 0 Å². The molecule has 0 N–H and O–H groups in total. The molecule has 10 heteroatoms. The molecule has 0 radical (unpaired) electrons. The van der Waals surface area contributed by atoms with Gasteiger partial charge >= 0.3 is 6.01 Å². The number of carbonyl (C=O) groups is 1. The standard InChI is InChI=1S/C31H37ClN6O3/c1-5-26(39)38-16-15-37(17-20(38)2)30-28-29(33-31(34-30)41-18-22-11-8-14-35(22)3)36(4)25(19-40-28)23-12-6-9-21-10-7-13-24(32)27(21)23/h5-7,9-10,12-13,20,22,25H,1,8,11,14-19H2,2-4H3/t20-,22?,25?/m1/s1. The Balaban J connectivity index is 1.36. The Labute approximate surface area is 246 Å². The van der Waals surface area contributed by atoms with Gasteiger partial charge in [-0.05, 0) is 56.4 Å². The lowest BCUT2D eigenvalue weighted by atomic mass is 9.97. The van der Waals surface area contributed by atoms with Crippen LogP contribution in [-0.4, -0.2) is 91.2 Å². The highest BCUT2D eigenvalue weighted by Gasteiger charge is 2.36. The molecule has 3 aliphatic rings. The molecule has 0 bridgehead atoms. The summed E-state index contributed by atoms with van der Waals surface area (Å²) in [7, 11) is 4.17. The first kappa shape index (κ1) is 27.6. The number of carbonyl (C=O) groups excluding carboxylic acids is 1. The van der Waals surface area contributed by atoms with Crippen LogP contribution >= 0.6 is 11.6 Å². The first-order valence-electron chi connectivity index (χ1n) is 14.3. The topological polar surface area (TPSA) is 74.3 Å². The molecule has 0 saturated carbocycles. The molecule has 2 saturated heterocycles. The first-order valence-corrected chi connectivity index (χ1v) is 14.7. The molecule has 9 nitrogen and oxygen atoms in total. The number of ether oxygens (including phenoxy) is 2. The van der Waals surface area contributed by atoms with Gasteiger partial charge in [0.2, 0.25) is 11.7 Å². The SMILES string of the molecule is C=CC(=O)N1CCN(c2nc(OCC3CCCN3C)nc3c2OCC(c2cccc4cccc(Cl)c24)N3C)C[C@H]1C. The monoisotopic (exact) mass is 576 g/mol. The van der Waals surface area contributed by atoms with Gasteiger partial charge in [-0.25, -0.2) is 0 Å². The molecule has 216 valence electrons. The summed E-state index contributed by atoms with van der Waals surface area (Å²) in [6, 6.07) is 12.8. The number of piperazine rings is 1. The number of rotatable bonds is 6. The van der Waals surface area contributed by atoms with Gasteiger partial charge in [0.15, 0.2) is 11.6 Å². The van der Waals surface area contributed by atoms with Crippen LogP contribution in [0.5, 0.6) is 11.8 Å². The molecule has 4 heterocycles. The van der Waals surface area contributed by atoms with E-state index in [0.717, 1.165) is 35.7 Å². The molecule has 6 rings (SSSR count). The minimum Gasteiger partial charge on any atom is -0.484 e. The van der Waals surface area contributed by atoms with Gasteiger partial charge in [-0.1, -0.05) is 48.5 Å². The Morgan fingerprint density at radius 1 is 1.15 bits per heavy atom. The maximum atomic E-state index is 12.4. The number of likely N-dealkylation sites (N-methyl/N-ethyl adjacent to an activating group) is 2. The number of hydrogen-bond donors (Lipinski definition) is 0. The van der Waals surface area contributed by atoms with E-state index >= 15 is 0 Å². The molecule has 0 spiro atoms. The van der Waals surface area contributed by atoms with Crippen molar-refractivity contribution in [2.45, 2.75) is 37.9 Å². The minimum atomic E-state index is -0.108. The number of halogens is 1. The largest absolute Gasteiger partial charge is 0.484 e. The molecule has 2 fully saturated rings. The lowest BCUT2D eigenvalue weighted by Crippen LogP contribution is -2.54. The number of amides is 1. The Bertz CT molecular complexity index is 1460. The molecule has 0 aliphatic carbocycles. The lowest BCUT2D eigenvalue weighted by molar-refractivity contribution is -0.128. The van der Waals surface area contributed by atoms with Crippen LogP contribution in [0.3, 0.4) is 0 Å². The highest BCUT2D eigenvalue weighted by molar-refractivity contribution is 6.35. The van der Waals surface area contributed by atoms with E-state index in [1.807, 2.05) is 31.0 Å². The fourth-order valence-corrected chi connectivity index (χ4v) is 6.62. The maximum absolute atomic E-state index is 12.4. The van der Waals surface area contributed by atoms with Crippen LogP contribution in [-0.2, 0) is 4.79 Å². The summed E-state index contributed by atoms with van der Waals surface area (Å²) in [5, 5.41) is 2.82. The van der Waals surface area contributed by atoms with Crippen LogP contribution in [0.1, 0.15) is 31.4 Å². The van der Waals surface area contributed by atoms with Gasteiger partial charge in [-0.15, -0.1) is 0 Å². The van der Waals surface area contributed by atoms with Gasteiger partial charge in [0, 0.05) is 49.2 Å². The van der Waals surface area contributed by atoms with Crippen molar-refractivity contribution in [3.8, 4) is 11.8 Å². The smallest absolute Gasteiger partial charge is 0.320 e. The quantitative estimate of drug-likeness (QED) is 0.396. The average Bonchev–Trinajstić information content (AvgIpc) is 3.40. The molecule has 2 aromatic carbocycles. The average molecular weight is 577 g/mol. The van der Waals surface area contributed by atoms with Crippen LogP contribution in [0.15, 0.2) is 49.1 Å². The predicted molar refractivity (Wildman–Crippen MR) is 162 cm³/mol. The summed E-state index contributed by atoms with van der Waals surface area (Å²) < 4.78 is 12.8. The molecular formula is C31H37ClN6O3. The number of aromatic nitrogens is 2. The first-order chi connectivity index (χ1) is 19.9. The fraction of sp³-hybridized carbons (Fsp3) is 0.452. The zero-order chi connectivity index (χ0) is 28.7. The summed E-state index contributed by atoms with van der Waals surface area (Å²) in [5.74, 6) is 1.96. The number of fused-ring (bicyclic) bond motifs is 2. The molecule has 3 aromatic rings. The van der Waals surface area contributed by atoms with Gasteiger partial charge in [0.1, 0.15) is 13.2 Å². The van der Waals surface area contributed by atoms with Crippen molar-refractivity contribution >= 4 is 39.9 Å². The van der Waals surface area contributed by atoms with Crippen LogP contribution < -0.4 is 19.3 Å². The highest BCUT2D eigenvalue weighted by Crippen LogP contribution is 2.45. The van der Waals surface area contributed by atoms with Crippen LogP contribution in [0.25, 0.3) is 10.8 Å². The molecule has 1 amide bonds. The van der Waals surface area contributed by atoms with Crippen molar-refractivity contribution < 1.29 is 14.3 Å². The van der Waals surface area contributed by atoms with Crippen molar-refractivity contribution in [1.29, 1.82) is 0 Å². The Morgan fingerprint density at radius 2 is 1.93 bits per heavy atom. The van der Waals surface area contributed by atoms with Crippen molar-refractivity contribution in [3.05, 3.63) is 59.6 Å². The molecule has 41 heavy (non-hydrogen) atoms. The van der Waals surface area contributed by atoms with Crippen molar-refractivity contribution in [1.82, 2.24) is 19.8 Å². The second-order valence-corrected chi connectivity index (χ2v) is 11.6. The number of nitrogens with zero attached hydrogens (tertiary/aromatic N) is 6. The van der Waals surface area contributed by atoms with Crippen LogP contribution in [0.4, 0.5) is 11.6 Å². The molecular weight excluding hydrogens is 540 g/mol. The van der Waals surface area contributed by atoms with Gasteiger partial charge < -0.3 is 29.1 Å². The Kier molecular flexibility index (Phi) is 7.66. The van der Waals surface area contributed by atoms with E-state index in [1.54, 1.807) is 0 Å². The van der Waals surface area contributed by atoms with Gasteiger partial charge in [-0.2, -0.15) is 9.97 Å². The number of anilines is 2. The summed E-state index contributed by atoms with van der Waals surface area (Å²) in [6.07, 6.45) is 3.64. The summed E-state index contributed by atoms with van der Waals surface area (Å²) in [6.45, 7) is 9.52. The lowest BCUT2D eigenvalue weighted by Gasteiger charge is -2.42. The fourth-order valence-electron chi connectivity index (χ4n) is 6.33. The number of hydrogen-bond acceptors (Lipinski definition) is 8. The minimum absolute atomic E-state index is 0.0109. The zero-order valence-electron chi connectivity index (χ0n) is 23.9. The van der Waals surface area contributed by atoms with Gasteiger partial charge in [0.05, 0.1) is 6.04 Å². The van der Waals surface area contributed by atoms with Crippen molar-refractivity contribution in [3.63, 3.8) is 0 Å². The van der Waals surface area contributed by atoms with Crippen molar-refractivity contribution in [2.24, 2.45) is 0 Å². The highest BCUT2D eigenvalue weighted by atomic mass is 35.5. The van der Waals surface area contributed by atoms with E-state index < -0.39 is 0 Å². The second-order valence-electron chi connectivity index (χ2n) is 11.2. The summed E-state index contributed by atoms with van der Waals surface area (Å²) >= 11 is 6.70. The number of likely N-dealkylation sites (tertiary alicyclic amines) is 1. The Hall–Kier alpha value is -3.56. The van der Waals surface area contributed by atoms with Gasteiger partial charge in [-0.3, -0.25) is 4.79 Å². The molecule has 3 atom stereocenters. The van der Waals surface area contributed by atoms with E-state index in [9.17, 15) is 4.79 Å². The third kappa shape index (κ3) is 5.17. The van der Waals surface area contributed by atoms with E-state index in [4.69, 9.17) is 31.0 Å². The molecule has 1 aromatic heterocycles. The third-order valence-corrected chi connectivity index (χ3v) is 9.02. The summed E-state index contributed by atoms with van der Waals surface area (Å²) in [5.41, 5.74) is 1.08. The molecule has 2 unspecified atom stereocenters. The summed E-state index contributed by atoms with van der Waals surface area (Å²) in [4.78, 5) is 30.7. The third-order valence-electron chi connectivity index (χ3n) is 8.70. The van der Waals surface area contributed by atoms with Crippen LogP contribution in [0.2, 0.25) is 5.02 Å².